The van der Waals surface area contributed by atoms with E-state index in [0.717, 1.165) is 11.3 Å². The maximum atomic E-state index is 11.6. The number of rotatable bonds is 1. The molecule has 0 radical (unpaired) electrons. The molecule has 18 heavy (non-hydrogen) atoms. The van der Waals surface area contributed by atoms with Gasteiger partial charge in [0.05, 0.1) is 5.69 Å². The van der Waals surface area contributed by atoms with E-state index in [2.05, 4.69) is 15.3 Å². The van der Waals surface area contributed by atoms with E-state index in [1.807, 2.05) is 31.2 Å². The average Bonchev–Trinajstić information content (AvgIpc) is 2.81. The minimum Gasteiger partial charge on any atom is -0.272 e. The molecule has 0 saturated heterocycles. The number of H-pyrrole nitrogens is 2. The lowest BCUT2D eigenvalue weighted by Crippen LogP contribution is -2.12. The zero-order chi connectivity index (χ0) is 12.7. The zero-order valence-corrected chi connectivity index (χ0v) is 10.4. The quantitative estimate of drug-likeness (QED) is 0.656. The number of aromatic nitrogens is 4. The fourth-order valence-corrected chi connectivity index (χ4v) is 1.98. The van der Waals surface area contributed by atoms with Crippen LogP contribution in [0.15, 0.2) is 35.1 Å². The van der Waals surface area contributed by atoms with Gasteiger partial charge in [0.1, 0.15) is 5.52 Å². The van der Waals surface area contributed by atoms with Crippen molar-refractivity contribution in [1.29, 1.82) is 0 Å². The number of nitrogens with zero attached hydrogens (tertiary/aromatic N) is 2. The Morgan fingerprint density at radius 3 is 2.61 bits per heavy atom. The molecule has 2 N–H and O–H groups in total. The monoisotopic (exact) mass is 258 g/mol. The van der Waals surface area contributed by atoms with Crippen LogP contribution in [0.5, 0.6) is 0 Å². The zero-order valence-electron chi connectivity index (χ0n) is 9.60. The van der Waals surface area contributed by atoms with Crippen molar-refractivity contribution in [3.8, 4) is 11.3 Å². The summed E-state index contributed by atoms with van der Waals surface area (Å²) >= 11 is 5.07. The van der Waals surface area contributed by atoms with Crippen molar-refractivity contribution in [2.75, 3.05) is 0 Å². The largest absolute Gasteiger partial charge is 0.288 e. The van der Waals surface area contributed by atoms with E-state index in [0.29, 0.717) is 10.3 Å². The van der Waals surface area contributed by atoms with Gasteiger partial charge >= 0.3 is 0 Å². The average molecular weight is 258 g/mol. The van der Waals surface area contributed by atoms with Crippen molar-refractivity contribution < 1.29 is 0 Å². The lowest BCUT2D eigenvalue weighted by Gasteiger charge is -1.96. The summed E-state index contributed by atoms with van der Waals surface area (Å²) in [7, 11) is 0. The van der Waals surface area contributed by atoms with Crippen molar-refractivity contribution in [2.45, 2.75) is 6.92 Å². The van der Waals surface area contributed by atoms with Crippen LogP contribution in [0.25, 0.3) is 16.8 Å². The minimum atomic E-state index is -0.241. The first-order valence-electron chi connectivity index (χ1n) is 5.43. The first kappa shape index (κ1) is 10.9. The molecule has 0 atom stereocenters. The molecule has 2 heterocycles. The molecule has 1 aromatic carbocycles. The second-order valence-electron chi connectivity index (χ2n) is 4.08. The molecule has 0 amide bonds. The molecular formula is C12H10N4OS. The van der Waals surface area contributed by atoms with Gasteiger partial charge in [-0.1, -0.05) is 29.8 Å². The molecule has 5 nitrogen and oxygen atoms in total. The molecule has 0 bridgehead atoms. The van der Waals surface area contributed by atoms with Crippen LogP contribution in [0, 0.1) is 11.7 Å². The number of hydrogen-bond acceptors (Lipinski definition) is 3. The predicted molar refractivity (Wildman–Crippen MR) is 71.2 cm³/mol. The molecule has 3 aromatic rings. The summed E-state index contributed by atoms with van der Waals surface area (Å²) in [6.07, 6.45) is 0. The Bertz CT molecular complexity index is 779. The molecule has 3 rings (SSSR count). The molecule has 0 aliphatic carbocycles. The molecule has 90 valence electrons. The summed E-state index contributed by atoms with van der Waals surface area (Å²) in [6, 6.07) is 9.68. The highest BCUT2D eigenvalue weighted by molar-refractivity contribution is 7.71. The number of fused-ring (bicyclic) bond motifs is 1. The van der Waals surface area contributed by atoms with Gasteiger partial charge in [0.2, 0.25) is 4.77 Å². The molecule has 6 heteroatoms. The summed E-state index contributed by atoms with van der Waals surface area (Å²) in [6.45, 7) is 2.02. The number of nitrogens with one attached hydrogen (secondary N) is 2. The van der Waals surface area contributed by atoms with Gasteiger partial charge in [-0.25, -0.2) is 0 Å². The lowest BCUT2D eigenvalue weighted by atomic mass is 10.1. The summed E-state index contributed by atoms with van der Waals surface area (Å²) in [4.78, 5) is 11.6. The maximum Gasteiger partial charge on any atom is 0.288 e. The molecule has 0 unspecified atom stereocenters. The Labute approximate surface area is 107 Å². The van der Waals surface area contributed by atoms with Crippen LogP contribution >= 0.6 is 12.2 Å². The van der Waals surface area contributed by atoms with Crippen molar-refractivity contribution in [3.05, 3.63) is 51.0 Å². The smallest absolute Gasteiger partial charge is 0.272 e. The van der Waals surface area contributed by atoms with Gasteiger partial charge < -0.3 is 0 Å². The Balaban J connectivity index is 2.29. The molecule has 0 spiro atoms. The van der Waals surface area contributed by atoms with Crippen LogP contribution < -0.4 is 5.56 Å². The third-order valence-electron chi connectivity index (χ3n) is 2.76. The van der Waals surface area contributed by atoms with E-state index in [1.165, 1.54) is 10.1 Å². The van der Waals surface area contributed by atoms with Gasteiger partial charge in [-0.2, -0.15) is 9.61 Å². The molecule has 0 aliphatic heterocycles. The van der Waals surface area contributed by atoms with Gasteiger partial charge in [0, 0.05) is 5.56 Å². The first-order chi connectivity index (χ1) is 8.65. The van der Waals surface area contributed by atoms with Crippen molar-refractivity contribution in [2.24, 2.45) is 0 Å². The second kappa shape index (κ2) is 3.92. The number of hydrogen-bond donors (Lipinski definition) is 2. The number of benzene rings is 1. The Hall–Kier alpha value is -2.21. The van der Waals surface area contributed by atoms with Gasteiger partial charge in [-0.05, 0) is 25.2 Å². The molecular weight excluding hydrogens is 248 g/mol. The van der Waals surface area contributed by atoms with Gasteiger partial charge in [-0.15, -0.1) is 0 Å². The van der Waals surface area contributed by atoms with Crippen molar-refractivity contribution in [3.63, 3.8) is 0 Å². The van der Waals surface area contributed by atoms with Crippen LogP contribution in [-0.2, 0) is 0 Å². The van der Waals surface area contributed by atoms with Gasteiger partial charge in [0.25, 0.3) is 5.56 Å². The molecule has 0 fully saturated rings. The highest BCUT2D eigenvalue weighted by atomic mass is 32.1. The first-order valence-corrected chi connectivity index (χ1v) is 5.84. The van der Waals surface area contributed by atoms with Gasteiger partial charge in [-0.3, -0.25) is 15.0 Å². The van der Waals surface area contributed by atoms with Crippen molar-refractivity contribution >= 4 is 17.7 Å². The Morgan fingerprint density at radius 2 is 1.94 bits per heavy atom. The highest BCUT2D eigenvalue weighted by Crippen LogP contribution is 2.18. The van der Waals surface area contributed by atoms with Crippen LogP contribution in [0.2, 0.25) is 0 Å². The third kappa shape index (κ3) is 1.67. The van der Waals surface area contributed by atoms with E-state index >= 15 is 0 Å². The normalized spacial score (nSPS) is 10.9. The summed E-state index contributed by atoms with van der Waals surface area (Å²) in [5.74, 6) is 0. The molecule has 0 saturated carbocycles. The highest BCUT2D eigenvalue weighted by Gasteiger charge is 2.07. The molecule has 2 aromatic heterocycles. The number of aryl methyl sites for hydroxylation is 1. The topological polar surface area (TPSA) is 66.0 Å². The second-order valence-corrected chi connectivity index (χ2v) is 4.46. The van der Waals surface area contributed by atoms with Crippen molar-refractivity contribution in [1.82, 2.24) is 19.8 Å². The maximum absolute atomic E-state index is 11.6. The van der Waals surface area contributed by atoms with Crippen LogP contribution in [0.4, 0.5) is 0 Å². The fraction of sp³-hybridized carbons (Fsp3) is 0.0833. The lowest BCUT2D eigenvalue weighted by molar-refractivity contribution is 0.829. The Kier molecular flexibility index (Phi) is 2.38. The summed E-state index contributed by atoms with van der Waals surface area (Å²) in [5.41, 5.74) is 3.06. The van der Waals surface area contributed by atoms with Crippen LogP contribution in [0.1, 0.15) is 5.56 Å². The Morgan fingerprint density at radius 1 is 1.22 bits per heavy atom. The molecule has 0 aliphatic rings. The minimum absolute atomic E-state index is 0.241. The van der Waals surface area contributed by atoms with Crippen LogP contribution in [0.3, 0.4) is 0 Å². The van der Waals surface area contributed by atoms with E-state index in [9.17, 15) is 4.79 Å². The van der Waals surface area contributed by atoms with E-state index in [1.54, 1.807) is 6.07 Å². The third-order valence-corrected chi connectivity index (χ3v) is 3.04. The van der Waals surface area contributed by atoms with E-state index in [-0.39, 0.29) is 5.56 Å². The fourth-order valence-electron chi connectivity index (χ4n) is 1.79. The summed E-state index contributed by atoms with van der Waals surface area (Å²) < 4.78 is 1.80. The standard InChI is InChI=1S/C12H10N4OS/c1-7-2-4-8(5-3-7)9-6-10-11(17)13-14-12(18)16(10)15-9/h2-6H,1H3,(H,13,17)(H,14,18). The van der Waals surface area contributed by atoms with Crippen LogP contribution in [-0.4, -0.2) is 19.8 Å². The predicted octanol–water partition coefficient (Wildman–Crippen LogP) is 2.06. The number of aromatic amines is 2. The van der Waals surface area contributed by atoms with E-state index < -0.39 is 0 Å². The van der Waals surface area contributed by atoms with Gasteiger partial charge in [0.15, 0.2) is 0 Å². The summed E-state index contributed by atoms with van der Waals surface area (Å²) in [5, 5.41) is 9.40. The SMILES string of the molecule is Cc1ccc(-c2cc3c(=O)[nH][nH]c(=S)n3n2)cc1. The van der Waals surface area contributed by atoms with E-state index in [4.69, 9.17) is 12.2 Å².